The van der Waals surface area contributed by atoms with Crippen LogP contribution in [0.15, 0.2) is 0 Å². The van der Waals surface area contributed by atoms with E-state index >= 15 is 0 Å². The van der Waals surface area contributed by atoms with Crippen molar-refractivity contribution in [1.29, 1.82) is 0 Å². The predicted octanol–water partition coefficient (Wildman–Crippen LogP) is 1.43. The van der Waals surface area contributed by atoms with Crippen molar-refractivity contribution in [3.63, 3.8) is 0 Å². The molecule has 4 nitrogen and oxygen atoms in total. The molecular weight excluding hydrogens is 280 g/mol. The first kappa shape index (κ1) is 13.4. The molecule has 0 aromatic heterocycles. The molecule has 0 saturated heterocycles. The summed E-state index contributed by atoms with van der Waals surface area (Å²) in [7, 11) is 1.53. The SMILES string of the molecule is CN(C)S(=O)(=O)N(C)C1CCCCC1Br. The van der Waals surface area contributed by atoms with E-state index in [9.17, 15) is 8.42 Å². The second-order valence-electron chi connectivity index (χ2n) is 4.17. The van der Waals surface area contributed by atoms with Gasteiger partial charge in [0.15, 0.2) is 0 Å². The van der Waals surface area contributed by atoms with Crippen LogP contribution in [0.4, 0.5) is 0 Å². The van der Waals surface area contributed by atoms with Crippen LogP contribution >= 0.6 is 15.9 Å². The summed E-state index contributed by atoms with van der Waals surface area (Å²) in [6, 6.07) is 0.0890. The van der Waals surface area contributed by atoms with Gasteiger partial charge >= 0.3 is 0 Å². The maximum absolute atomic E-state index is 11.9. The lowest BCUT2D eigenvalue weighted by atomic mass is 9.96. The lowest BCUT2D eigenvalue weighted by Crippen LogP contribution is -2.48. The van der Waals surface area contributed by atoms with Crippen LogP contribution in [-0.2, 0) is 10.2 Å². The molecule has 1 saturated carbocycles. The molecule has 15 heavy (non-hydrogen) atoms. The number of nitrogens with zero attached hydrogens (tertiary/aromatic N) is 2. The summed E-state index contributed by atoms with van der Waals surface area (Å²) in [5, 5.41) is 0. The Kier molecular flexibility index (Phi) is 4.58. The van der Waals surface area contributed by atoms with Gasteiger partial charge in [0, 0.05) is 32.0 Å². The van der Waals surface area contributed by atoms with Gasteiger partial charge in [-0.3, -0.25) is 0 Å². The minimum Gasteiger partial charge on any atom is -0.195 e. The van der Waals surface area contributed by atoms with Gasteiger partial charge in [-0.05, 0) is 12.8 Å². The molecule has 1 fully saturated rings. The van der Waals surface area contributed by atoms with Crippen molar-refractivity contribution in [3.05, 3.63) is 0 Å². The summed E-state index contributed by atoms with van der Waals surface area (Å²) in [4.78, 5) is 0.283. The first-order chi connectivity index (χ1) is 6.87. The Labute approximate surface area is 101 Å². The predicted molar refractivity (Wildman–Crippen MR) is 65.3 cm³/mol. The fourth-order valence-corrected chi connectivity index (χ4v) is 4.11. The molecule has 0 aromatic carbocycles. The van der Waals surface area contributed by atoms with Crippen LogP contribution in [0.1, 0.15) is 25.7 Å². The topological polar surface area (TPSA) is 40.6 Å². The molecule has 6 heteroatoms. The smallest absolute Gasteiger partial charge is 0.195 e. The zero-order valence-corrected chi connectivity index (χ0v) is 11.9. The van der Waals surface area contributed by atoms with Crippen molar-refractivity contribution in [1.82, 2.24) is 8.61 Å². The van der Waals surface area contributed by atoms with Gasteiger partial charge < -0.3 is 0 Å². The van der Waals surface area contributed by atoms with Crippen LogP contribution in [-0.4, -0.2) is 49.0 Å². The van der Waals surface area contributed by atoms with E-state index in [0.29, 0.717) is 0 Å². The molecule has 2 unspecified atom stereocenters. The Morgan fingerprint density at radius 3 is 2.13 bits per heavy atom. The minimum absolute atomic E-state index is 0.0890. The Morgan fingerprint density at radius 1 is 1.13 bits per heavy atom. The number of rotatable bonds is 3. The van der Waals surface area contributed by atoms with Crippen molar-refractivity contribution in [2.24, 2.45) is 0 Å². The van der Waals surface area contributed by atoms with Crippen LogP contribution in [0, 0.1) is 0 Å². The standard InChI is InChI=1S/C9H19BrN2O2S/c1-11(2)15(13,14)12(3)9-7-5-4-6-8(9)10/h8-9H,4-7H2,1-3H3. The molecule has 1 aliphatic carbocycles. The van der Waals surface area contributed by atoms with Crippen molar-refractivity contribution in [2.45, 2.75) is 36.6 Å². The number of hydrogen-bond donors (Lipinski definition) is 0. The molecule has 0 aromatic rings. The molecule has 0 spiro atoms. The van der Waals surface area contributed by atoms with Crippen molar-refractivity contribution < 1.29 is 8.42 Å². The molecular formula is C9H19BrN2O2S. The third kappa shape index (κ3) is 2.93. The lowest BCUT2D eigenvalue weighted by molar-refractivity contribution is 0.283. The maximum Gasteiger partial charge on any atom is 0.281 e. The van der Waals surface area contributed by atoms with Crippen LogP contribution < -0.4 is 0 Å². The summed E-state index contributed by atoms with van der Waals surface area (Å²) in [6.45, 7) is 0. The minimum atomic E-state index is -3.27. The molecule has 0 aliphatic heterocycles. The van der Waals surface area contributed by atoms with Gasteiger partial charge in [-0.2, -0.15) is 17.0 Å². The summed E-state index contributed by atoms with van der Waals surface area (Å²) >= 11 is 3.57. The van der Waals surface area contributed by atoms with Crippen LogP contribution in [0.3, 0.4) is 0 Å². The summed E-state index contributed by atoms with van der Waals surface area (Å²) < 4.78 is 26.6. The van der Waals surface area contributed by atoms with Gasteiger partial charge in [-0.15, -0.1) is 0 Å². The third-order valence-corrected chi connectivity index (χ3v) is 5.93. The first-order valence-corrected chi connectivity index (χ1v) is 7.48. The molecule has 0 N–H and O–H groups in total. The second-order valence-corrected chi connectivity index (χ2v) is 7.55. The van der Waals surface area contributed by atoms with E-state index in [2.05, 4.69) is 15.9 Å². The number of halogens is 1. The van der Waals surface area contributed by atoms with Crippen LogP contribution in [0.25, 0.3) is 0 Å². The van der Waals surface area contributed by atoms with E-state index in [4.69, 9.17) is 0 Å². The Hall–Kier alpha value is 0.350. The summed E-state index contributed by atoms with van der Waals surface area (Å²) in [6.07, 6.45) is 4.29. The average molecular weight is 299 g/mol. The number of alkyl halides is 1. The summed E-state index contributed by atoms with van der Waals surface area (Å²) in [5.41, 5.74) is 0. The Bertz CT molecular complexity index is 305. The molecule has 0 heterocycles. The zero-order chi connectivity index (χ0) is 11.6. The van der Waals surface area contributed by atoms with Gasteiger partial charge in [0.1, 0.15) is 0 Å². The van der Waals surface area contributed by atoms with E-state index in [1.165, 1.54) is 15.0 Å². The highest BCUT2D eigenvalue weighted by atomic mass is 79.9. The third-order valence-electron chi connectivity index (χ3n) is 2.94. The van der Waals surface area contributed by atoms with Crippen molar-refractivity contribution in [3.8, 4) is 0 Å². The normalized spacial score (nSPS) is 28.7. The van der Waals surface area contributed by atoms with E-state index in [-0.39, 0.29) is 10.9 Å². The number of hydrogen-bond acceptors (Lipinski definition) is 2. The lowest BCUT2D eigenvalue weighted by Gasteiger charge is -2.35. The molecule has 1 rings (SSSR count). The first-order valence-electron chi connectivity index (χ1n) is 5.17. The van der Waals surface area contributed by atoms with E-state index in [1.54, 1.807) is 21.1 Å². The highest BCUT2D eigenvalue weighted by Gasteiger charge is 2.33. The highest BCUT2D eigenvalue weighted by molar-refractivity contribution is 9.09. The molecule has 0 radical (unpaired) electrons. The van der Waals surface area contributed by atoms with Crippen LogP contribution in [0.5, 0.6) is 0 Å². The van der Waals surface area contributed by atoms with Crippen LogP contribution in [0.2, 0.25) is 0 Å². The molecule has 0 bridgehead atoms. The monoisotopic (exact) mass is 298 g/mol. The van der Waals surface area contributed by atoms with Gasteiger partial charge in [0.2, 0.25) is 0 Å². The Balaban J connectivity index is 2.79. The molecule has 2 atom stereocenters. The maximum atomic E-state index is 11.9. The Morgan fingerprint density at radius 2 is 1.67 bits per heavy atom. The van der Waals surface area contributed by atoms with E-state index < -0.39 is 10.2 Å². The van der Waals surface area contributed by atoms with Gasteiger partial charge in [0.05, 0.1) is 0 Å². The highest BCUT2D eigenvalue weighted by Crippen LogP contribution is 2.29. The molecule has 0 amide bonds. The molecule has 1 aliphatic rings. The second kappa shape index (κ2) is 5.12. The van der Waals surface area contributed by atoms with Gasteiger partial charge in [-0.25, -0.2) is 0 Å². The largest absolute Gasteiger partial charge is 0.281 e. The van der Waals surface area contributed by atoms with E-state index in [1.807, 2.05) is 0 Å². The summed E-state index contributed by atoms with van der Waals surface area (Å²) in [5.74, 6) is 0. The van der Waals surface area contributed by atoms with E-state index in [0.717, 1.165) is 19.3 Å². The van der Waals surface area contributed by atoms with Crippen molar-refractivity contribution >= 4 is 26.1 Å². The quantitative estimate of drug-likeness (QED) is 0.740. The zero-order valence-electron chi connectivity index (χ0n) is 9.48. The average Bonchev–Trinajstić information content (AvgIpc) is 2.17. The van der Waals surface area contributed by atoms with Gasteiger partial charge in [-0.1, -0.05) is 28.8 Å². The molecule has 90 valence electrons. The fraction of sp³-hybridized carbons (Fsp3) is 1.00. The fourth-order valence-electron chi connectivity index (χ4n) is 1.90. The van der Waals surface area contributed by atoms with Gasteiger partial charge in [0.25, 0.3) is 10.2 Å². The van der Waals surface area contributed by atoms with Crippen molar-refractivity contribution in [2.75, 3.05) is 21.1 Å².